The fourth-order valence-corrected chi connectivity index (χ4v) is 4.64. The van der Waals surface area contributed by atoms with Crippen molar-refractivity contribution >= 4 is 28.8 Å². The Hall–Kier alpha value is -3.58. The Bertz CT molecular complexity index is 1180. The number of carbonyl (C=O) groups is 2. The first kappa shape index (κ1) is 22.6. The summed E-state index contributed by atoms with van der Waals surface area (Å²) < 4.78 is 11.2. The predicted octanol–water partition coefficient (Wildman–Crippen LogP) is 5.17. The van der Waals surface area contributed by atoms with Gasteiger partial charge >= 0.3 is 0 Å². The zero-order chi connectivity index (χ0) is 23.4. The number of rotatable bonds is 8. The molecular weight excluding hydrogens is 438 g/mol. The van der Waals surface area contributed by atoms with Crippen molar-refractivity contribution in [2.75, 3.05) is 13.7 Å². The summed E-state index contributed by atoms with van der Waals surface area (Å²) in [6.45, 7) is 2.80. The average molecular weight is 464 g/mol. The van der Waals surface area contributed by atoms with E-state index < -0.39 is 17.7 Å². The standard InChI is InChI=1S/C26H25NO5S/c1-3-13-32-18-9-6-8-17(15-18)24(28)22-23(20-11-4-5-12-21(20)31-2)27(26(30)25(22)29)16-19-10-7-14-33-19/h4-12,14-15,23,28H,3,13,16H2,1-2H3/b24-22-. The number of methoxy groups -OCH3 is 1. The lowest BCUT2D eigenvalue weighted by Gasteiger charge is -2.26. The summed E-state index contributed by atoms with van der Waals surface area (Å²) >= 11 is 1.50. The molecule has 0 radical (unpaired) electrons. The number of aliphatic hydroxyl groups excluding tert-OH is 1. The van der Waals surface area contributed by atoms with Crippen LogP contribution in [0.3, 0.4) is 0 Å². The number of likely N-dealkylation sites (tertiary alicyclic amines) is 1. The van der Waals surface area contributed by atoms with E-state index >= 15 is 0 Å². The molecule has 0 saturated carbocycles. The maximum Gasteiger partial charge on any atom is 0.295 e. The van der Waals surface area contributed by atoms with Gasteiger partial charge < -0.3 is 19.5 Å². The number of ketones is 1. The SMILES string of the molecule is CCCOc1cccc(/C(O)=C2/C(=O)C(=O)N(Cc3cccs3)C2c2ccccc2OC)c1. The van der Waals surface area contributed by atoms with Crippen LogP contribution in [0.25, 0.3) is 5.76 Å². The first-order valence-corrected chi connectivity index (χ1v) is 11.6. The highest BCUT2D eigenvalue weighted by Crippen LogP contribution is 2.43. The third-order valence-electron chi connectivity index (χ3n) is 5.46. The molecule has 1 unspecified atom stereocenters. The molecule has 2 aromatic carbocycles. The second-order valence-electron chi connectivity index (χ2n) is 7.62. The molecule has 1 aliphatic rings. The van der Waals surface area contributed by atoms with Gasteiger partial charge in [0.05, 0.1) is 31.9 Å². The predicted molar refractivity (Wildman–Crippen MR) is 127 cm³/mol. The molecule has 1 aromatic heterocycles. The monoisotopic (exact) mass is 463 g/mol. The number of thiophene rings is 1. The fraction of sp³-hybridized carbons (Fsp3) is 0.231. The Kier molecular flexibility index (Phi) is 6.79. The van der Waals surface area contributed by atoms with Gasteiger partial charge in [-0.3, -0.25) is 9.59 Å². The van der Waals surface area contributed by atoms with Gasteiger partial charge in [0.15, 0.2) is 0 Å². The van der Waals surface area contributed by atoms with E-state index in [2.05, 4.69) is 0 Å². The molecule has 1 saturated heterocycles. The van der Waals surface area contributed by atoms with E-state index in [1.807, 2.05) is 42.6 Å². The molecule has 1 amide bonds. The van der Waals surface area contributed by atoms with E-state index in [-0.39, 0.29) is 17.9 Å². The van der Waals surface area contributed by atoms with Crippen LogP contribution in [0.15, 0.2) is 71.6 Å². The number of ether oxygens (including phenoxy) is 2. The summed E-state index contributed by atoms with van der Waals surface area (Å²) in [4.78, 5) is 28.8. The average Bonchev–Trinajstić information content (AvgIpc) is 3.45. The maximum absolute atomic E-state index is 13.2. The summed E-state index contributed by atoms with van der Waals surface area (Å²) in [5.41, 5.74) is 1.09. The van der Waals surface area contributed by atoms with Crippen LogP contribution in [0.4, 0.5) is 0 Å². The van der Waals surface area contributed by atoms with E-state index in [1.165, 1.54) is 16.2 Å². The molecule has 0 aliphatic carbocycles. The van der Waals surface area contributed by atoms with Crippen molar-refractivity contribution in [3.8, 4) is 11.5 Å². The fourth-order valence-electron chi connectivity index (χ4n) is 3.94. The van der Waals surface area contributed by atoms with E-state index in [0.717, 1.165) is 11.3 Å². The molecule has 1 N–H and O–H groups in total. The van der Waals surface area contributed by atoms with Crippen molar-refractivity contribution < 1.29 is 24.2 Å². The van der Waals surface area contributed by atoms with Crippen molar-refractivity contribution in [1.29, 1.82) is 0 Å². The van der Waals surface area contributed by atoms with Crippen molar-refractivity contribution in [2.45, 2.75) is 25.9 Å². The lowest BCUT2D eigenvalue weighted by atomic mass is 9.94. The van der Waals surface area contributed by atoms with Crippen LogP contribution in [0.5, 0.6) is 11.5 Å². The molecule has 2 heterocycles. The highest BCUT2D eigenvalue weighted by atomic mass is 32.1. The number of carbonyl (C=O) groups excluding carboxylic acids is 2. The Morgan fingerprint density at radius 1 is 1.09 bits per heavy atom. The zero-order valence-electron chi connectivity index (χ0n) is 18.5. The second kappa shape index (κ2) is 9.92. The molecule has 1 aliphatic heterocycles. The Morgan fingerprint density at radius 3 is 2.64 bits per heavy atom. The number of para-hydroxylation sites is 1. The first-order chi connectivity index (χ1) is 16.0. The quantitative estimate of drug-likeness (QED) is 0.283. The number of hydrogen-bond acceptors (Lipinski definition) is 6. The molecule has 33 heavy (non-hydrogen) atoms. The van der Waals surface area contributed by atoms with Crippen LogP contribution in [-0.4, -0.2) is 35.4 Å². The van der Waals surface area contributed by atoms with E-state index in [0.29, 0.717) is 29.2 Å². The summed E-state index contributed by atoms with van der Waals surface area (Å²) in [5, 5.41) is 13.2. The molecule has 3 aromatic rings. The number of nitrogens with zero attached hydrogens (tertiary/aromatic N) is 1. The van der Waals surface area contributed by atoms with Crippen molar-refractivity contribution in [2.24, 2.45) is 0 Å². The molecule has 1 atom stereocenters. The van der Waals surface area contributed by atoms with Gasteiger partial charge in [-0.1, -0.05) is 43.3 Å². The highest BCUT2D eigenvalue weighted by molar-refractivity contribution is 7.09. The number of benzene rings is 2. The smallest absolute Gasteiger partial charge is 0.295 e. The second-order valence-corrected chi connectivity index (χ2v) is 8.66. The summed E-state index contributed by atoms with van der Waals surface area (Å²) in [6.07, 6.45) is 0.845. The van der Waals surface area contributed by atoms with Crippen LogP contribution in [-0.2, 0) is 16.1 Å². The Morgan fingerprint density at radius 2 is 1.91 bits per heavy atom. The molecule has 170 valence electrons. The van der Waals surface area contributed by atoms with Gasteiger partial charge in [-0.2, -0.15) is 0 Å². The summed E-state index contributed by atoms with van der Waals surface area (Å²) in [7, 11) is 1.54. The largest absolute Gasteiger partial charge is 0.507 e. The number of hydrogen-bond donors (Lipinski definition) is 1. The van der Waals surface area contributed by atoms with Crippen LogP contribution >= 0.6 is 11.3 Å². The summed E-state index contributed by atoms with van der Waals surface area (Å²) in [6, 6.07) is 17.2. The maximum atomic E-state index is 13.2. The molecule has 0 bridgehead atoms. The van der Waals surface area contributed by atoms with Gasteiger partial charge in [0, 0.05) is 16.0 Å². The number of Topliss-reactive ketones (excluding diaryl/α,β-unsaturated/α-hetero) is 1. The van der Waals surface area contributed by atoms with Gasteiger partial charge in [0.2, 0.25) is 0 Å². The van der Waals surface area contributed by atoms with Gasteiger partial charge in [-0.05, 0) is 36.1 Å². The molecular formula is C26H25NO5S. The molecule has 7 heteroatoms. The molecule has 0 spiro atoms. The minimum atomic E-state index is -0.788. The third-order valence-corrected chi connectivity index (χ3v) is 6.32. The minimum Gasteiger partial charge on any atom is -0.507 e. The minimum absolute atomic E-state index is 0.0358. The topological polar surface area (TPSA) is 76.1 Å². The van der Waals surface area contributed by atoms with Crippen molar-refractivity contribution in [3.05, 3.63) is 87.6 Å². The van der Waals surface area contributed by atoms with E-state index in [9.17, 15) is 14.7 Å². The Balaban J connectivity index is 1.85. The molecule has 1 fully saturated rings. The highest BCUT2D eigenvalue weighted by Gasteiger charge is 2.47. The van der Waals surface area contributed by atoms with Gasteiger partial charge in [0.1, 0.15) is 17.3 Å². The first-order valence-electron chi connectivity index (χ1n) is 10.7. The van der Waals surface area contributed by atoms with Gasteiger partial charge in [-0.25, -0.2) is 0 Å². The van der Waals surface area contributed by atoms with E-state index in [4.69, 9.17) is 9.47 Å². The van der Waals surface area contributed by atoms with E-state index in [1.54, 1.807) is 37.4 Å². The van der Waals surface area contributed by atoms with Crippen molar-refractivity contribution in [3.63, 3.8) is 0 Å². The van der Waals surface area contributed by atoms with Crippen LogP contribution < -0.4 is 9.47 Å². The number of aliphatic hydroxyl groups is 1. The van der Waals surface area contributed by atoms with Crippen LogP contribution in [0.2, 0.25) is 0 Å². The zero-order valence-corrected chi connectivity index (χ0v) is 19.3. The van der Waals surface area contributed by atoms with Gasteiger partial charge in [0.25, 0.3) is 11.7 Å². The molecule has 6 nitrogen and oxygen atoms in total. The Labute approximate surface area is 196 Å². The normalized spacial score (nSPS) is 17.4. The molecule has 4 rings (SSSR count). The van der Waals surface area contributed by atoms with Crippen molar-refractivity contribution in [1.82, 2.24) is 4.90 Å². The van der Waals surface area contributed by atoms with Crippen LogP contribution in [0, 0.1) is 0 Å². The number of amides is 1. The third kappa shape index (κ3) is 4.50. The van der Waals surface area contributed by atoms with Gasteiger partial charge in [-0.15, -0.1) is 11.3 Å². The lowest BCUT2D eigenvalue weighted by molar-refractivity contribution is -0.140. The summed E-state index contributed by atoms with van der Waals surface area (Å²) in [5.74, 6) is -0.493. The van der Waals surface area contributed by atoms with Crippen LogP contribution in [0.1, 0.15) is 35.4 Å². The lowest BCUT2D eigenvalue weighted by Crippen LogP contribution is -2.29.